The van der Waals surface area contributed by atoms with Gasteiger partial charge in [0, 0.05) is 56.3 Å². The first-order valence-electron chi connectivity index (χ1n) is 13.3. The van der Waals surface area contributed by atoms with Gasteiger partial charge in [0.05, 0.1) is 10.9 Å². The van der Waals surface area contributed by atoms with E-state index >= 15 is 0 Å². The smallest absolute Gasteiger partial charge is 0.262 e. The van der Waals surface area contributed by atoms with Crippen LogP contribution in [-0.4, -0.2) is 56.2 Å². The molecule has 0 radical (unpaired) electrons. The van der Waals surface area contributed by atoms with Crippen molar-refractivity contribution in [3.8, 4) is 0 Å². The number of nitrogens with zero attached hydrogens (tertiary/aromatic N) is 6. The summed E-state index contributed by atoms with van der Waals surface area (Å²) in [6, 6.07) is 25.4. The van der Waals surface area contributed by atoms with Gasteiger partial charge in [-0.3, -0.25) is 18.6 Å². The third kappa shape index (κ3) is 5.12. The first-order chi connectivity index (χ1) is 19.1. The monoisotopic (exact) mass is 540 g/mol. The van der Waals surface area contributed by atoms with Crippen molar-refractivity contribution < 1.29 is 4.79 Å². The summed E-state index contributed by atoms with van der Waals surface area (Å²) in [6.45, 7) is 3.39. The number of aryl methyl sites for hydroxylation is 3. The highest BCUT2D eigenvalue weighted by Crippen LogP contribution is 2.20. The molecule has 0 N–H and O–H groups in total. The Balaban J connectivity index is 1.19. The first-order valence-corrected chi connectivity index (χ1v) is 13.6. The van der Waals surface area contributed by atoms with Crippen molar-refractivity contribution in [2.45, 2.75) is 25.8 Å². The quantitative estimate of drug-likeness (QED) is 0.309. The SMILES string of the molecule is O=C(CCc1nnc2n(CCc3ccccc3)c(=O)c3ccccc3n12)N1CCN(c2ccc(Cl)cc2)CC1. The number of benzene rings is 3. The highest BCUT2D eigenvalue weighted by Gasteiger charge is 2.23. The average Bonchev–Trinajstić information content (AvgIpc) is 3.41. The van der Waals surface area contributed by atoms with E-state index in [1.165, 1.54) is 0 Å². The van der Waals surface area contributed by atoms with Gasteiger partial charge in [-0.15, -0.1) is 10.2 Å². The Morgan fingerprint density at radius 2 is 1.54 bits per heavy atom. The van der Waals surface area contributed by atoms with Gasteiger partial charge in [0.15, 0.2) is 0 Å². The van der Waals surface area contributed by atoms with E-state index in [0.29, 0.717) is 55.9 Å². The zero-order chi connectivity index (χ0) is 26.8. The number of para-hydroxylation sites is 1. The van der Waals surface area contributed by atoms with Gasteiger partial charge in [-0.2, -0.15) is 0 Å². The minimum absolute atomic E-state index is 0.0809. The van der Waals surface area contributed by atoms with Gasteiger partial charge in [0.2, 0.25) is 11.7 Å². The minimum atomic E-state index is -0.0809. The van der Waals surface area contributed by atoms with Crippen LogP contribution in [0, 0.1) is 0 Å². The number of hydrogen-bond acceptors (Lipinski definition) is 5. The van der Waals surface area contributed by atoms with Crippen molar-refractivity contribution in [2.24, 2.45) is 0 Å². The Morgan fingerprint density at radius 1 is 0.821 bits per heavy atom. The molecule has 0 atom stereocenters. The zero-order valence-electron chi connectivity index (χ0n) is 21.5. The second kappa shape index (κ2) is 10.9. The highest BCUT2D eigenvalue weighted by atomic mass is 35.5. The van der Waals surface area contributed by atoms with Gasteiger partial charge in [-0.05, 0) is 48.4 Å². The van der Waals surface area contributed by atoms with Crippen molar-refractivity contribution >= 4 is 39.9 Å². The van der Waals surface area contributed by atoms with E-state index in [-0.39, 0.29) is 11.5 Å². The maximum absolute atomic E-state index is 13.4. The molecule has 8 nitrogen and oxygen atoms in total. The second-order valence-corrected chi connectivity index (χ2v) is 10.2. The van der Waals surface area contributed by atoms with Crippen LogP contribution in [0.3, 0.4) is 0 Å². The van der Waals surface area contributed by atoms with E-state index in [1.807, 2.05) is 76.0 Å². The summed E-state index contributed by atoms with van der Waals surface area (Å²) in [5.41, 5.74) is 2.95. The largest absolute Gasteiger partial charge is 0.368 e. The van der Waals surface area contributed by atoms with Crippen LogP contribution in [0.25, 0.3) is 16.7 Å². The van der Waals surface area contributed by atoms with E-state index in [2.05, 4.69) is 27.2 Å². The van der Waals surface area contributed by atoms with Crippen LogP contribution in [0.5, 0.6) is 0 Å². The Morgan fingerprint density at radius 3 is 2.31 bits per heavy atom. The summed E-state index contributed by atoms with van der Waals surface area (Å²) in [7, 11) is 0. The number of halogens is 1. The van der Waals surface area contributed by atoms with Crippen LogP contribution in [-0.2, 0) is 24.2 Å². The van der Waals surface area contributed by atoms with Crippen molar-refractivity contribution in [1.82, 2.24) is 24.1 Å². The van der Waals surface area contributed by atoms with Crippen LogP contribution in [0.4, 0.5) is 5.69 Å². The number of carbonyl (C=O) groups excluding carboxylic acids is 1. The Hall–Kier alpha value is -4.17. The number of carbonyl (C=O) groups is 1. The fourth-order valence-electron chi connectivity index (χ4n) is 5.31. The van der Waals surface area contributed by atoms with Crippen molar-refractivity contribution in [3.63, 3.8) is 0 Å². The molecule has 1 aliphatic rings. The molecule has 0 saturated carbocycles. The molecule has 1 saturated heterocycles. The Kier molecular flexibility index (Phi) is 7.02. The third-order valence-corrected chi connectivity index (χ3v) is 7.68. The molecule has 0 unspecified atom stereocenters. The molecule has 3 aromatic carbocycles. The van der Waals surface area contributed by atoms with Crippen LogP contribution in [0.2, 0.25) is 5.02 Å². The topological polar surface area (TPSA) is 75.7 Å². The number of piperazine rings is 1. The van der Waals surface area contributed by atoms with Crippen LogP contribution >= 0.6 is 11.6 Å². The standard InChI is InChI=1S/C30H29ClN6O2/c31-23-10-12-24(13-11-23)34-18-20-35(21-19-34)28(38)15-14-27-32-33-30-36(17-16-22-6-2-1-3-7-22)29(39)25-8-4-5-9-26(25)37(27)30/h1-13H,14-21H2. The fraction of sp³-hybridized carbons (Fsp3) is 0.267. The van der Waals surface area contributed by atoms with E-state index in [0.717, 1.165) is 34.9 Å². The van der Waals surface area contributed by atoms with Gasteiger partial charge < -0.3 is 9.80 Å². The lowest BCUT2D eigenvalue weighted by molar-refractivity contribution is -0.131. The summed E-state index contributed by atoms with van der Waals surface area (Å²) in [5.74, 6) is 1.29. The number of aromatic nitrogens is 4. The minimum Gasteiger partial charge on any atom is -0.368 e. The summed E-state index contributed by atoms with van der Waals surface area (Å²) >= 11 is 6.02. The second-order valence-electron chi connectivity index (χ2n) is 9.81. The number of fused-ring (bicyclic) bond motifs is 3. The molecule has 198 valence electrons. The maximum atomic E-state index is 13.4. The van der Waals surface area contributed by atoms with E-state index < -0.39 is 0 Å². The number of anilines is 1. The van der Waals surface area contributed by atoms with E-state index in [9.17, 15) is 9.59 Å². The van der Waals surface area contributed by atoms with Crippen molar-refractivity contribution in [2.75, 3.05) is 31.1 Å². The molecule has 0 spiro atoms. The summed E-state index contributed by atoms with van der Waals surface area (Å²) in [5, 5.41) is 10.2. The van der Waals surface area contributed by atoms with Crippen LogP contribution < -0.4 is 10.5 Å². The lowest BCUT2D eigenvalue weighted by Gasteiger charge is -2.36. The summed E-state index contributed by atoms with van der Waals surface area (Å²) < 4.78 is 3.64. The third-order valence-electron chi connectivity index (χ3n) is 7.43. The van der Waals surface area contributed by atoms with Crippen LogP contribution in [0.1, 0.15) is 17.8 Å². The van der Waals surface area contributed by atoms with Crippen molar-refractivity contribution in [3.05, 3.63) is 106 Å². The molecule has 1 aliphatic heterocycles. The van der Waals surface area contributed by atoms with Crippen LogP contribution in [0.15, 0.2) is 83.7 Å². The van der Waals surface area contributed by atoms with Crippen molar-refractivity contribution in [1.29, 1.82) is 0 Å². The van der Waals surface area contributed by atoms with Gasteiger partial charge in [-0.25, -0.2) is 0 Å². The number of hydrogen-bond donors (Lipinski definition) is 0. The molecule has 39 heavy (non-hydrogen) atoms. The van der Waals surface area contributed by atoms with E-state index in [1.54, 1.807) is 4.57 Å². The Labute approximate surface area is 231 Å². The molecule has 3 heterocycles. The van der Waals surface area contributed by atoms with Gasteiger partial charge in [-0.1, -0.05) is 54.1 Å². The lowest BCUT2D eigenvalue weighted by atomic mass is 10.1. The molecule has 1 amide bonds. The highest BCUT2D eigenvalue weighted by molar-refractivity contribution is 6.30. The molecule has 1 fully saturated rings. The van der Waals surface area contributed by atoms with Gasteiger partial charge >= 0.3 is 0 Å². The van der Waals surface area contributed by atoms with E-state index in [4.69, 9.17) is 11.6 Å². The maximum Gasteiger partial charge on any atom is 0.262 e. The predicted molar refractivity (Wildman–Crippen MR) is 153 cm³/mol. The first kappa shape index (κ1) is 25.1. The molecule has 9 heteroatoms. The predicted octanol–water partition coefficient (Wildman–Crippen LogP) is 4.22. The molecular formula is C30H29ClN6O2. The average molecular weight is 541 g/mol. The zero-order valence-corrected chi connectivity index (χ0v) is 22.3. The Bertz CT molecular complexity index is 1670. The van der Waals surface area contributed by atoms with Gasteiger partial charge in [0.1, 0.15) is 5.82 Å². The molecule has 2 aromatic heterocycles. The van der Waals surface area contributed by atoms with Gasteiger partial charge in [0.25, 0.3) is 5.56 Å². The number of rotatable bonds is 7. The molecule has 0 aliphatic carbocycles. The summed E-state index contributed by atoms with van der Waals surface area (Å²) in [4.78, 5) is 30.7. The lowest BCUT2D eigenvalue weighted by Crippen LogP contribution is -2.48. The fourth-order valence-corrected chi connectivity index (χ4v) is 5.43. The molecular weight excluding hydrogens is 512 g/mol. The molecule has 0 bridgehead atoms. The molecule has 5 aromatic rings. The normalized spacial score (nSPS) is 13.9. The molecule has 6 rings (SSSR count). The number of amides is 1. The summed E-state index contributed by atoms with van der Waals surface area (Å²) in [6.07, 6.45) is 1.48.